The zero-order valence-corrected chi connectivity index (χ0v) is 10.4. The summed E-state index contributed by atoms with van der Waals surface area (Å²) in [6, 6.07) is 4.86. The molecule has 0 spiro atoms. The highest BCUT2D eigenvalue weighted by molar-refractivity contribution is 6.19. The van der Waals surface area contributed by atoms with Crippen molar-refractivity contribution in [1.29, 1.82) is 0 Å². The van der Waals surface area contributed by atoms with Gasteiger partial charge in [-0.15, -0.1) is 0 Å². The van der Waals surface area contributed by atoms with Gasteiger partial charge in [0.2, 0.25) is 0 Å². The summed E-state index contributed by atoms with van der Waals surface area (Å²) in [7, 11) is 1.55. The first-order chi connectivity index (χ1) is 9.19. The van der Waals surface area contributed by atoms with Gasteiger partial charge in [-0.2, -0.15) is 0 Å². The van der Waals surface area contributed by atoms with E-state index in [0.29, 0.717) is 30.3 Å². The number of amidine groups is 1. The zero-order chi connectivity index (χ0) is 13.4. The molecule has 3 N–H and O–H groups in total. The standard InChI is InChI=1S/C12H13N5O2/c1-13-11(18)15-7-2-3-9-8(6-7)10-14-4-5-17(10)12(19)16-9/h2-3,6H,4-5H2,1H3,(H,16,19)(H2,13,15,18). The highest BCUT2D eigenvalue weighted by atomic mass is 16.2. The Balaban J connectivity index is 1.98. The summed E-state index contributed by atoms with van der Waals surface area (Å²) >= 11 is 0. The van der Waals surface area contributed by atoms with Gasteiger partial charge >= 0.3 is 12.1 Å². The van der Waals surface area contributed by atoms with E-state index in [1.807, 2.05) is 0 Å². The average molecular weight is 259 g/mol. The second-order valence-corrected chi connectivity index (χ2v) is 4.25. The van der Waals surface area contributed by atoms with Crippen LogP contribution in [-0.2, 0) is 0 Å². The number of benzene rings is 1. The largest absolute Gasteiger partial charge is 0.341 e. The van der Waals surface area contributed by atoms with Crippen molar-refractivity contribution in [1.82, 2.24) is 10.2 Å². The highest BCUT2D eigenvalue weighted by Gasteiger charge is 2.31. The summed E-state index contributed by atoms with van der Waals surface area (Å²) in [5, 5.41) is 7.99. The zero-order valence-electron chi connectivity index (χ0n) is 10.4. The molecule has 0 radical (unpaired) electrons. The Labute approximate surface area is 109 Å². The number of hydrogen-bond acceptors (Lipinski definition) is 3. The van der Waals surface area contributed by atoms with Crippen LogP contribution < -0.4 is 16.0 Å². The van der Waals surface area contributed by atoms with Gasteiger partial charge in [0.15, 0.2) is 0 Å². The number of fused-ring (bicyclic) bond motifs is 3. The van der Waals surface area contributed by atoms with Gasteiger partial charge in [0, 0.05) is 24.8 Å². The van der Waals surface area contributed by atoms with Gasteiger partial charge in [-0.1, -0.05) is 0 Å². The summed E-state index contributed by atoms with van der Waals surface area (Å²) in [6.07, 6.45) is 0. The number of anilines is 2. The van der Waals surface area contributed by atoms with Crippen molar-refractivity contribution < 1.29 is 9.59 Å². The molecule has 0 fully saturated rings. The maximum absolute atomic E-state index is 11.8. The summed E-state index contributed by atoms with van der Waals surface area (Å²) in [5.41, 5.74) is 2.19. The van der Waals surface area contributed by atoms with E-state index < -0.39 is 0 Å². The summed E-state index contributed by atoms with van der Waals surface area (Å²) in [6.45, 7) is 1.20. The Morgan fingerprint density at radius 1 is 1.47 bits per heavy atom. The molecule has 0 bridgehead atoms. The van der Waals surface area contributed by atoms with Crippen LogP contribution in [0.1, 0.15) is 5.56 Å². The molecule has 0 aromatic heterocycles. The Morgan fingerprint density at radius 2 is 2.32 bits per heavy atom. The second-order valence-electron chi connectivity index (χ2n) is 4.25. The quantitative estimate of drug-likeness (QED) is 0.704. The van der Waals surface area contributed by atoms with Crippen molar-refractivity contribution in [3.05, 3.63) is 23.8 Å². The number of urea groups is 2. The van der Waals surface area contributed by atoms with Crippen LogP contribution >= 0.6 is 0 Å². The van der Waals surface area contributed by atoms with E-state index in [1.165, 1.54) is 0 Å². The van der Waals surface area contributed by atoms with Gasteiger partial charge in [-0.25, -0.2) is 9.59 Å². The molecule has 19 heavy (non-hydrogen) atoms. The second kappa shape index (κ2) is 4.27. The molecular formula is C12H13N5O2. The van der Waals surface area contributed by atoms with E-state index in [4.69, 9.17) is 0 Å². The maximum atomic E-state index is 11.8. The molecule has 0 saturated heterocycles. The molecule has 7 heteroatoms. The van der Waals surface area contributed by atoms with Gasteiger partial charge in [0.25, 0.3) is 0 Å². The minimum Gasteiger partial charge on any atom is -0.341 e. The third-order valence-electron chi connectivity index (χ3n) is 3.07. The fourth-order valence-electron chi connectivity index (χ4n) is 2.17. The van der Waals surface area contributed by atoms with Crippen LogP contribution in [0, 0.1) is 0 Å². The van der Waals surface area contributed by atoms with E-state index in [0.717, 1.165) is 5.56 Å². The number of nitrogens with one attached hydrogen (secondary N) is 3. The SMILES string of the molecule is CNC(=O)Nc1ccc2c(c1)C1=NCCN1C(=O)N2. The predicted molar refractivity (Wildman–Crippen MR) is 71.6 cm³/mol. The lowest BCUT2D eigenvalue weighted by molar-refractivity contribution is 0.235. The van der Waals surface area contributed by atoms with Gasteiger partial charge in [0.1, 0.15) is 5.84 Å². The summed E-state index contributed by atoms with van der Waals surface area (Å²) in [5.74, 6) is 0.666. The fraction of sp³-hybridized carbons (Fsp3) is 0.250. The van der Waals surface area contributed by atoms with Crippen LogP contribution in [0.5, 0.6) is 0 Å². The van der Waals surface area contributed by atoms with Gasteiger partial charge in [-0.3, -0.25) is 9.89 Å². The molecular weight excluding hydrogens is 246 g/mol. The monoisotopic (exact) mass is 259 g/mol. The topological polar surface area (TPSA) is 85.8 Å². The van der Waals surface area contributed by atoms with E-state index in [-0.39, 0.29) is 12.1 Å². The fourth-order valence-corrected chi connectivity index (χ4v) is 2.17. The molecule has 4 amide bonds. The molecule has 2 aliphatic heterocycles. The normalized spacial score (nSPS) is 16.2. The molecule has 1 aromatic rings. The third-order valence-corrected chi connectivity index (χ3v) is 3.07. The molecule has 0 atom stereocenters. The molecule has 3 rings (SSSR count). The summed E-state index contributed by atoms with van der Waals surface area (Å²) < 4.78 is 0. The first-order valence-corrected chi connectivity index (χ1v) is 5.95. The van der Waals surface area contributed by atoms with E-state index in [2.05, 4.69) is 20.9 Å². The molecule has 0 unspecified atom stereocenters. The Hall–Kier alpha value is -2.57. The molecule has 2 heterocycles. The first kappa shape index (κ1) is 11.5. The Morgan fingerprint density at radius 3 is 3.11 bits per heavy atom. The van der Waals surface area contributed by atoms with E-state index in [9.17, 15) is 9.59 Å². The van der Waals surface area contributed by atoms with Crippen LogP contribution in [0.15, 0.2) is 23.2 Å². The molecule has 7 nitrogen and oxygen atoms in total. The van der Waals surface area contributed by atoms with Crippen molar-refractivity contribution in [3.63, 3.8) is 0 Å². The number of carbonyl (C=O) groups excluding carboxylic acids is 2. The smallest absolute Gasteiger partial charge is 0.327 e. The number of nitrogens with zero attached hydrogens (tertiary/aromatic N) is 2. The third kappa shape index (κ3) is 1.88. The molecule has 98 valence electrons. The van der Waals surface area contributed by atoms with Crippen molar-refractivity contribution in [3.8, 4) is 0 Å². The van der Waals surface area contributed by atoms with Crippen molar-refractivity contribution in [2.45, 2.75) is 0 Å². The van der Waals surface area contributed by atoms with E-state index in [1.54, 1.807) is 30.1 Å². The number of rotatable bonds is 1. The molecule has 2 aliphatic rings. The molecule has 0 saturated carbocycles. The lowest BCUT2D eigenvalue weighted by atomic mass is 10.1. The number of hydrogen-bond donors (Lipinski definition) is 3. The van der Waals surface area contributed by atoms with Crippen LogP contribution in [0.2, 0.25) is 0 Å². The minimum absolute atomic E-state index is 0.157. The maximum Gasteiger partial charge on any atom is 0.327 e. The number of amides is 4. The van der Waals surface area contributed by atoms with Crippen LogP contribution in [0.3, 0.4) is 0 Å². The van der Waals surface area contributed by atoms with Crippen LogP contribution in [0.25, 0.3) is 0 Å². The lowest BCUT2D eigenvalue weighted by Crippen LogP contribution is -2.42. The molecule has 1 aromatic carbocycles. The highest BCUT2D eigenvalue weighted by Crippen LogP contribution is 2.28. The van der Waals surface area contributed by atoms with Crippen LogP contribution in [-0.4, -0.2) is 42.9 Å². The van der Waals surface area contributed by atoms with Crippen molar-refractivity contribution in [2.75, 3.05) is 30.8 Å². The Kier molecular flexibility index (Phi) is 2.59. The van der Waals surface area contributed by atoms with Gasteiger partial charge < -0.3 is 16.0 Å². The van der Waals surface area contributed by atoms with Crippen molar-refractivity contribution >= 4 is 29.3 Å². The minimum atomic E-state index is -0.287. The van der Waals surface area contributed by atoms with Crippen molar-refractivity contribution in [2.24, 2.45) is 4.99 Å². The Bertz CT molecular complexity index is 596. The number of carbonyl (C=O) groups is 2. The van der Waals surface area contributed by atoms with E-state index >= 15 is 0 Å². The lowest BCUT2D eigenvalue weighted by Gasteiger charge is -2.26. The van der Waals surface area contributed by atoms with Crippen LogP contribution in [0.4, 0.5) is 21.0 Å². The van der Waals surface area contributed by atoms with Gasteiger partial charge in [0.05, 0.1) is 12.2 Å². The predicted octanol–water partition coefficient (Wildman–Crippen LogP) is 1.05. The van der Waals surface area contributed by atoms with Gasteiger partial charge in [-0.05, 0) is 18.2 Å². The summed E-state index contributed by atoms with van der Waals surface area (Å²) in [4.78, 5) is 29.0. The number of aliphatic imine (C=N–C) groups is 1. The first-order valence-electron chi connectivity index (χ1n) is 5.95. The average Bonchev–Trinajstić information content (AvgIpc) is 2.89. The molecule has 0 aliphatic carbocycles.